The van der Waals surface area contributed by atoms with Gasteiger partial charge in [0.25, 0.3) is 0 Å². The Morgan fingerprint density at radius 1 is 1.50 bits per heavy atom. The van der Waals surface area contributed by atoms with E-state index in [1.54, 1.807) is 4.68 Å². The fraction of sp³-hybridized carbons (Fsp3) is 0.667. The first kappa shape index (κ1) is 7.54. The molecule has 0 radical (unpaired) electrons. The second kappa shape index (κ2) is 2.58. The van der Waals surface area contributed by atoms with Crippen molar-refractivity contribution in [3.05, 3.63) is 11.1 Å². The summed E-state index contributed by atoms with van der Waals surface area (Å²) in [7, 11) is 0. The summed E-state index contributed by atoms with van der Waals surface area (Å²) in [5.41, 5.74) is 0. The Kier molecular flexibility index (Phi) is 1.94. The summed E-state index contributed by atoms with van der Waals surface area (Å²) in [6.07, 6.45) is 0. The van der Waals surface area contributed by atoms with Gasteiger partial charge in [0.05, 0.1) is 0 Å². The predicted octanol–water partition coefficient (Wildman–Crippen LogP) is 1.82. The lowest BCUT2D eigenvalue weighted by Crippen LogP contribution is -2.04. The van der Waals surface area contributed by atoms with Crippen molar-refractivity contribution in [2.45, 2.75) is 26.8 Å². The summed E-state index contributed by atoms with van der Waals surface area (Å²) in [5.74, 6) is 0.861. The quantitative estimate of drug-likeness (QED) is 0.626. The maximum Gasteiger partial charge on any atom is 0.242 e. The monoisotopic (exact) mass is 159 g/mol. The van der Waals surface area contributed by atoms with Crippen LogP contribution in [-0.2, 0) is 0 Å². The van der Waals surface area contributed by atoms with Crippen LogP contribution in [0.25, 0.3) is 0 Å². The van der Waals surface area contributed by atoms with Crippen molar-refractivity contribution in [3.63, 3.8) is 0 Å². The summed E-state index contributed by atoms with van der Waals surface area (Å²) in [6.45, 7) is 5.97. The van der Waals surface area contributed by atoms with Crippen LogP contribution in [0.1, 0.15) is 25.7 Å². The first-order valence-corrected chi connectivity index (χ1v) is 3.57. The molecule has 0 saturated carbocycles. The van der Waals surface area contributed by atoms with Gasteiger partial charge in [-0.1, -0.05) is 0 Å². The molecule has 56 valence electrons. The zero-order valence-electron chi connectivity index (χ0n) is 6.30. The van der Waals surface area contributed by atoms with Crippen LogP contribution < -0.4 is 0 Å². The van der Waals surface area contributed by atoms with E-state index in [4.69, 9.17) is 11.6 Å². The number of hydrogen-bond donors (Lipinski definition) is 0. The van der Waals surface area contributed by atoms with Gasteiger partial charge < -0.3 is 0 Å². The highest BCUT2D eigenvalue weighted by Gasteiger charge is 2.05. The Hall–Kier alpha value is -0.570. The molecule has 0 spiro atoms. The molecule has 0 N–H and O–H groups in total. The molecule has 4 heteroatoms. The van der Waals surface area contributed by atoms with E-state index in [0.29, 0.717) is 11.3 Å². The van der Waals surface area contributed by atoms with Crippen LogP contribution in [-0.4, -0.2) is 14.8 Å². The molecule has 0 saturated heterocycles. The van der Waals surface area contributed by atoms with Crippen molar-refractivity contribution in [2.75, 3.05) is 0 Å². The molecule has 0 aromatic carbocycles. The van der Waals surface area contributed by atoms with Crippen molar-refractivity contribution < 1.29 is 0 Å². The van der Waals surface area contributed by atoms with Gasteiger partial charge in [-0.25, -0.2) is 9.67 Å². The average Bonchev–Trinajstić information content (AvgIpc) is 2.10. The molecule has 0 bridgehead atoms. The van der Waals surface area contributed by atoms with Gasteiger partial charge in [-0.3, -0.25) is 0 Å². The molecule has 0 aliphatic carbocycles. The second-order valence-corrected chi connectivity index (χ2v) is 2.80. The van der Waals surface area contributed by atoms with Gasteiger partial charge in [0, 0.05) is 6.04 Å². The molecular weight excluding hydrogens is 150 g/mol. The molecule has 0 aliphatic rings. The first-order chi connectivity index (χ1) is 4.61. The highest BCUT2D eigenvalue weighted by Crippen LogP contribution is 2.08. The summed E-state index contributed by atoms with van der Waals surface area (Å²) >= 11 is 5.57. The van der Waals surface area contributed by atoms with E-state index in [9.17, 15) is 0 Å². The lowest BCUT2D eigenvalue weighted by atomic mass is 10.4. The van der Waals surface area contributed by atoms with Crippen molar-refractivity contribution >= 4 is 11.6 Å². The largest absolute Gasteiger partial charge is 0.246 e. The standard InChI is InChI=1S/C6H10ClN3/c1-4(2)10-5(3)8-6(7)9-10/h4H,1-3H3. The SMILES string of the molecule is Cc1nc(Cl)nn1C(C)C. The predicted molar refractivity (Wildman–Crippen MR) is 40.2 cm³/mol. The highest BCUT2D eigenvalue weighted by atomic mass is 35.5. The molecule has 0 atom stereocenters. The molecule has 10 heavy (non-hydrogen) atoms. The summed E-state index contributed by atoms with van der Waals surface area (Å²) < 4.78 is 1.79. The minimum Gasteiger partial charge on any atom is -0.246 e. The molecule has 1 aromatic rings. The van der Waals surface area contributed by atoms with Gasteiger partial charge in [0.2, 0.25) is 5.28 Å². The minimum absolute atomic E-state index is 0.325. The molecule has 1 aromatic heterocycles. The summed E-state index contributed by atoms with van der Waals surface area (Å²) in [4.78, 5) is 3.95. The van der Waals surface area contributed by atoms with E-state index >= 15 is 0 Å². The third kappa shape index (κ3) is 1.29. The van der Waals surface area contributed by atoms with Crippen molar-refractivity contribution in [2.24, 2.45) is 0 Å². The number of rotatable bonds is 1. The molecule has 0 unspecified atom stereocenters. The Labute approximate surface area is 65.0 Å². The lowest BCUT2D eigenvalue weighted by Gasteiger charge is -2.04. The fourth-order valence-electron chi connectivity index (χ4n) is 0.858. The second-order valence-electron chi connectivity index (χ2n) is 2.47. The Morgan fingerprint density at radius 2 is 2.10 bits per heavy atom. The zero-order chi connectivity index (χ0) is 7.72. The molecule has 0 aliphatic heterocycles. The minimum atomic E-state index is 0.325. The van der Waals surface area contributed by atoms with E-state index in [1.165, 1.54) is 0 Å². The maximum atomic E-state index is 5.57. The molecule has 3 nitrogen and oxygen atoms in total. The molecule has 1 heterocycles. The van der Waals surface area contributed by atoms with Crippen molar-refractivity contribution in [3.8, 4) is 0 Å². The summed E-state index contributed by atoms with van der Waals surface area (Å²) in [5, 5.41) is 4.31. The summed E-state index contributed by atoms with van der Waals surface area (Å²) in [6, 6.07) is 0.333. The number of halogens is 1. The van der Waals surface area contributed by atoms with Gasteiger partial charge in [0.1, 0.15) is 5.82 Å². The van der Waals surface area contributed by atoms with Crippen LogP contribution >= 0.6 is 11.6 Å². The van der Waals surface area contributed by atoms with Gasteiger partial charge in [-0.05, 0) is 32.4 Å². The first-order valence-electron chi connectivity index (χ1n) is 3.20. The number of nitrogens with zero attached hydrogens (tertiary/aromatic N) is 3. The van der Waals surface area contributed by atoms with Gasteiger partial charge in [0.15, 0.2) is 0 Å². The van der Waals surface area contributed by atoms with E-state index in [-0.39, 0.29) is 0 Å². The molecule has 1 rings (SSSR count). The fourth-order valence-corrected chi connectivity index (χ4v) is 1.06. The van der Waals surface area contributed by atoms with Crippen molar-refractivity contribution in [1.82, 2.24) is 14.8 Å². The van der Waals surface area contributed by atoms with Crippen LogP contribution in [0.5, 0.6) is 0 Å². The topological polar surface area (TPSA) is 30.7 Å². The maximum absolute atomic E-state index is 5.57. The highest BCUT2D eigenvalue weighted by molar-refractivity contribution is 6.28. The van der Waals surface area contributed by atoms with Crippen LogP contribution in [0.2, 0.25) is 5.28 Å². The van der Waals surface area contributed by atoms with E-state index in [2.05, 4.69) is 10.1 Å². The molecule has 0 fully saturated rings. The van der Waals surface area contributed by atoms with Crippen LogP contribution in [0.15, 0.2) is 0 Å². The Bertz CT molecular complexity index is 229. The Morgan fingerprint density at radius 3 is 2.30 bits per heavy atom. The number of hydrogen-bond acceptors (Lipinski definition) is 2. The van der Waals surface area contributed by atoms with E-state index < -0.39 is 0 Å². The Balaban J connectivity index is 3.03. The van der Waals surface area contributed by atoms with Gasteiger partial charge >= 0.3 is 0 Å². The number of aryl methyl sites for hydroxylation is 1. The lowest BCUT2D eigenvalue weighted by molar-refractivity contribution is 0.516. The average molecular weight is 160 g/mol. The number of aromatic nitrogens is 3. The molecular formula is C6H10ClN3. The molecule has 0 amide bonds. The normalized spacial score (nSPS) is 10.9. The van der Waals surface area contributed by atoms with E-state index in [0.717, 1.165) is 5.82 Å². The van der Waals surface area contributed by atoms with E-state index in [1.807, 2.05) is 20.8 Å². The van der Waals surface area contributed by atoms with Crippen LogP contribution in [0.4, 0.5) is 0 Å². The van der Waals surface area contributed by atoms with Crippen LogP contribution in [0.3, 0.4) is 0 Å². The van der Waals surface area contributed by atoms with Gasteiger partial charge in [-0.2, -0.15) is 0 Å². The smallest absolute Gasteiger partial charge is 0.242 e. The van der Waals surface area contributed by atoms with Crippen molar-refractivity contribution in [1.29, 1.82) is 0 Å². The third-order valence-electron chi connectivity index (χ3n) is 1.27. The zero-order valence-corrected chi connectivity index (χ0v) is 7.05. The van der Waals surface area contributed by atoms with Crippen LogP contribution in [0, 0.1) is 6.92 Å². The van der Waals surface area contributed by atoms with Gasteiger partial charge in [-0.15, -0.1) is 5.10 Å². The third-order valence-corrected chi connectivity index (χ3v) is 1.43.